The first-order chi connectivity index (χ1) is 7.87. The van der Waals surface area contributed by atoms with Gasteiger partial charge < -0.3 is 4.74 Å². The van der Waals surface area contributed by atoms with Crippen molar-refractivity contribution in [1.82, 2.24) is 0 Å². The lowest BCUT2D eigenvalue weighted by molar-refractivity contribution is -0.146. The molecule has 2 fully saturated rings. The molecule has 3 aliphatic rings. The van der Waals surface area contributed by atoms with E-state index in [1.54, 1.807) is 0 Å². The second kappa shape index (κ2) is 3.01. The monoisotopic (exact) mass is 234 g/mol. The Hall–Kier alpha value is -1.12. The van der Waals surface area contributed by atoms with E-state index in [0.717, 1.165) is 12.8 Å². The topological polar surface area (TPSA) is 43.4 Å². The predicted molar refractivity (Wildman–Crippen MR) is 62.2 cm³/mol. The number of ether oxygens (including phenoxy) is 1. The summed E-state index contributed by atoms with van der Waals surface area (Å²) in [6.07, 6.45) is 4.24. The Kier molecular flexibility index (Phi) is 1.94. The highest BCUT2D eigenvalue weighted by molar-refractivity contribution is 6.03. The van der Waals surface area contributed by atoms with Gasteiger partial charge in [-0.15, -0.1) is 0 Å². The van der Waals surface area contributed by atoms with Crippen molar-refractivity contribution in [3.63, 3.8) is 0 Å². The van der Waals surface area contributed by atoms with Crippen molar-refractivity contribution in [2.45, 2.75) is 46.1 Å². The van der Waals surface area contributed by atoms with Crippen LogP contribution in [0.2, 0.25) is 0 Å². The van der Waals surface area contributed by atoms with Crippen LogP contribution in [0.15, 0.2) is 11.6 Å². The van der Waals surface area contributed by atoms with Crippen LogP contribution in [0.25, 0.3) is 0 Å². The van der Waals surface area contributed by atoms with Gasteiger partial charge in [-0.05, 0) is 18.3 Å². The zero-order valence-corrected chi connectivity index (χ0v) is 10.6. The summed E-state index contributed by atoms with van der Waals surface area (Å²) in [6, 6.07) is 0. The van der Waals surface area contributed by atoms with Gasteiger partial charge in [0.05, 0.1) is 0 Å². The van der Waals surface area contributed by atoms with Gasteiger partial charge in [0.1, 0.15) is 12.0 Å². The molecule has 1 saturated carbocycles. The molecular weight excluding hydrogens is 216 g/mol. The summed E-state index contributed by atoms with van der Waals surface area (Å²) in [5.41, 5.74) is 0.962. The average molecular weight is 234 g/mol. The quantitative estimate of drug-likeness (QED) is 0.367. The third-order valence-corrected chi connectivity index (χ3v) is 4.93. The van der Waals surface area contributed by atoms with E-state index >= 15 is 0 Å². The van der Waals surface area contributed by atoms with Gasteiger partial charge in [-0.25, -0.2) is 0 Å². The van der Waals surface area contributed by atoms with Gasteiger partial charge in [-0.2, -0.15) is 0 Å². The minimum Gasteiger partial charge on any atom is -0.461 e. The highest BCUT2D eigenvalue weighted by Gasteiger charge is 2.64. The Bertz CT molecular complexity index is 446. The van der Waals surface area contributed by atoms with Gasteiger partial charge in [-0.1, -0.05) is 32.4 Å². The lowest BCUT2D eigenvalue weighted by Gasteiger charge is -2.49. The molecule has 2 aliphatic carbocycles. The van der Waals surface area contributed by atoms with Gasteiger partial charge in [0, 0.05) is 11.8 Å². The highest BCUT2D eigenvalue weighted by atomic mass is 16.6. The van der Waals surface area contributed by atoms with Crippen LogP contribution in [0, 0.1) is 16.7 Å². The van der Waals surface area contributed by atoms with E-state index in [2.05, 4.69) is 13.8 Å². The third-order valence-electron chi connectivity index (χ3n) is 4.93. The molecule has 17 heavy (non-hydrogen) atoms. The minimum absolute atomic E-state index is 0.0291. The van der Waals surface area contributed by atoms with Crippen LogP contribution in [0.4, 0.5) is 0 Å². The zero-order chi connectivity index (χ0) is 12.4. The first-order valence-electron chi connectivity index (χ1n) is 6.32. The van der Waals surface area contributed by atoms with E-state index in [-0.39, 0.29) is 28.7 Å². The fourth-order valence-corrected chi connectivity index (χ4v) is 4.09. The van der Waals surface area contributed by atoms with E-state index in [4.69, 9.17) is 4.74 Å². The molecule has 0 N–H and O–H groups in total. The van der Waals surface area contributed by atoms with Crippen LogP contribution >= 0.6 is 0 Å². The van der Waals surface area contributed by atoms with Gasteiger partial charge >= 0.3 is 5.97 Å². The zero-order valence-electron chi connectivity index (χ0n) is 10.6. The molecule has 0 aromatic rings. The summed E-state index contributed by atoms with van der Waals surface area (Å²) in [4.78, 5) is 23.9. The first-order valence-corrected chi connectivity index (χ1v) is 6.32. The van der Waals surface area contributed by atoms with Crippen molar-refractivity contribution >= 4 is 11.8 Å². The van der Waals surface area contributed by atoms with E-state index in [1.807, 2.05) is 13.0 Å². The molecule has 0 bridgehead atoms. The van der Waals surface area contributed by atoms with Crippen molar-refractivity contribution in [3.05, 3.63) is 11.6 Å². The standard InChI is InChI=1S/C14H18O3/c1-13(2)7-6-10-14(3)9(13)5-4-8(15)11(14)12(16)17-10/h5,10-11H,4,6-7H2,1-3H3/t10-,11?,14+/m0/s1. The van der Waals surface area contributed by atoms with Crippen LogP contribution in [-0.4, -0.2) is 17.9 Å². The maximum atomic E-state index is 12.0. The van der Waals surface area contributed by atoms with Crippen molar-refractivity contribution in [3.8, 4) is 0 Å². The van der Waals surface area contributed by atoms with Crippen molar-refractivity contribution in [1.29, 1.82) is 0 Å². The van der Waals surface area contributed by atoms with Crippen LogP contribution in [-0.2, 0) is 14.3 Å². The van der Waals surface area contributed by atoms with Crippen LogP contribution < -0.4 is 0 Å². The van der Waals surface area contributed by atoms with Crippen LogP contribution in [0.5, 0.6) is 0 Å². The van der Waals surface area contributed by atoms with Crippen LogP contribution in [0.1, 0.15) is 40.0 Å². The Balaban J connectivity index is 2.19. The van der Waals surface area contributed by atoms with Crippen molar-refractivity contribution < 1.29 is 14.3 Å². The number of hydrogen-bond donors (Lipinski definition) is 0. The molecule has 0 aromatic carbocycles. The van der Waals surface area contributed by atoms with Crippen molar-refractivity contribution in [2.75, 3.05) is 0 Å². The highest BCUT2D eigenvalue weighted by Crippen LogP contribution is 2.60. The normalized spacial score (nSPS) is 42.9. The Morgan fingerprint density at radius 2 is 2.00 bits per heavy atom. The number of allylic oxidation sites excluding steroid dienone is 1. The van der Waals surface area contributed by atoms with E-state index < -0.39 is 5.92 Å². The van der Waals surface area contributed by atoms with Gasteiger partial charge in [-0.3, -0.25) is 9.59 Å². The van der Waals surface area contributed by atoms with E-state index in [9.17, 15) is 9.59 Å². The lowest BCUT2D eigenvalue weighted by atomic mass is 9.53. The Morgan fingerprint density at radius 3 is 2.71 bits per heavy atom. The number of ketones is 1. The molecule has 1 unspecified atom stereocenters. The molecule has 3 nitrogen and oxygen atoms in total. The summed E-state index contributed by atoms with van der Waals surface area (Å²) in [7, 11) is 0. The molecule has 1 aliphatic heterocycles. The molecular formula is C14H18O3. The lowest BCUT2D eigenvalue weighted by Crippen LogP contribution is -2.49. The largest absolute Gasteiger partial charge is 0.461 e. The Morgan fingerprint density at radius 1 is 1.29 bits per heavy atom. The maximum absolute atomic E-state index is 12.0. The summed E-state index contributed by atoms with van der Waals surface area (Å²) in [5, 5.41) is 0. The fourth-order valence-electron chi connectivity index (χ4n) is 4.09. The molecule has 3 atom stereocenters. The second-order valence-electron chi connectivity index (χ2n) is 6.35. The first kappa shape index (κ1) is 11.0. The molecule has 3 heteroatoms. The number of rotatable bonds is 0. The minimum atomic E-state index is -0.549. The number of carbonyl (C=O) groups excluding carboxylic acids is 2. The number of carbonyl (C=O) groups is 2. The smallest absolute Gasteiger partial charge is 0.317 e. The number of Topliss-reactive ketones (excluding diaryl/α,β-unsaturated/α-hetero) is 1. The molecule has 92 valence electrons. The predicted octanol–water partition coefficient (Wildman–Crippen LogP) is 2.25. The molecule has 1 heterocycles. The Labute approximate surface area is 101 Å². The number of hydrogen-bond acceptors (Lipinski definition) is 3. The number of esters is 1. The molecule has 0 spiro atoms. The van der Waals surface area contributed by atoms with E-state index in [0.29, 0.717) is 6.42 Å². The average Bonchev–Trinajstić information content (AvgIpc) is 2.47. The molecule has 0 radical (unpaired) electrons. The SMILES string of the molecule is CC1(C)CC[C@@H]2OC(=O)C3C(=O)CC=C1[C@@]32C. The van der Waals surface area contributed by atoms with E-state index in [1.165, 1.54) is 5.57 Å². The maximum Gasteiger partial charge on any atom is 0.317 e. The summed E-state index contributed by atoms with van der Waals surface area (Å²) >= 11 is 0. The fraction of sp³-hybridized carbons (Fsp3) is 0.714. The summed E-state index contributed by atoms with van der Waals surface area (Å²) in [5.74, 6) is -0.820. The van der Waals surface area contributed by atoms with Gasteiger partial charge in [0.2, 0.25) is 0 Å². The summed E-state index contributed by atoms with van der Waals surface area (Å²) < 4.78 is 5.45. The third kappa shape index (κ3) is 1.17. The molecule has 1 saturated heterocycles. The summed E-state index contributed by atoms with van der Waals surface area (Å²) in [6.45, 7) is 6.45. The molecule has 3 rings (SSSR count). The second-order valence-corrected chi connectivity index (χ2v) is 6.35. The van der Waals surface area contributed by atoms with Crippen molar-refractivity contribution in [2.24, 2.45) is 16.7 Å². The van der Waals surface area contributed by atoms with Crippen LogP contribution in [0.3, 0.4) is 0 Å². The molecule has 0 aromatic heterocycles. The molecule has 0 amide bonds. The van der Waals surface area contributed by atoms with Gasteiger partial charge in [0.25, 0.3) is 0 Å². The van der Waals surface area contributed by atoms with Gasteiger partial charge in [0.15, 0.2) is 5.78 Å².